The van der Waals surface area contributed by atoms with Gasteiger partial charge in [-0.2, -0.15) is 0 Å². The van der Waals surface area contributed by atoms with Gasteiger partial charge in [0, 0.05) is 44.0 Å². The maximum atomic E-state index is 11.7. The highest BCUT2D eigenvalue weighted by Gasteiger charge is 2.14. The zero-order valence-electron chi connectivity index (χ0n) is 31.3. The van der Waals surface area contributed by atoms with Crippen LogP contribution < -0.4 is 10.6 Å². The van der Waals surface area contributed by atoms with Crippen molar-refractivity contribution < 1.29 is 19.1 Å². The van der Waals surface area contributed by atoms with Crippen LogP contribution in [0.1, 0.15) is 31.8 Å². The van der Waals surface area contributed by atoms with E-state index in [0.29, 0.717) is 22.8 Å². The molecule has 0 aliphatic carbocycles. The Morgan fingerprint density at radius 2 is 0.893 bits per heavy atom. The summed E-state index contributed by atoms with van der Waals surface area (Å²) in [4.78, 5) is 23.3. The van der Waals surface area contributed by atoms with Crippen molar-refractivity contribution in [2.75, 3.05) is 24.9 Å². The maximum Gasteiger partial charge on any atom is 0.337 e. The van der Waals surface area contributed by atoms with Crippen LogP contribution in [0.2, 0.25) is 0 Å². The topological polar surface area (TPSA) is 128 Å². The van der Waals surface area contributed by atoms with Crippen LogP contribution in [0.15, 0.2) is 146 Å². The number of fused-ring (bicyclic) bond motifs is 2. The van der Waals surface area contributed by atoms with Crippen LogP contribution in [-0.2, 0) is 9.47 Å². The lowest BCUT2D eigenvalue weighted by atomic mass is 10.0. The third-order valence-corrected chi connectivity index (χ3v) is 9.13. The molecule has 0 atom stereocenters. The standard InChI is InChI=1S/2C23H19N3O2/c1-15-6-5-7-18(14-15)24-22-20-9-4-3-8-19(20)21(25-26-22)16-10-12-17(13-11-16)23(27)28-2;1-15-7-13-18(14-8-15)24-22-20-6-4-3-5-19(20)21(25-26-22)16-9-11-17(12-10-16)23(27)28-2/h2*3-14H,1-2H3,(H,24,26). The quantitative estimate of drug-likeness (QED) is 0.145. The Morgan fingerprint density at radius 3 is 1.34 bits per heavy atom. The number of hydrogen-bond acceptors (Lipinski definition) is 10. The van der Waals surface area contributed by atoms with Crippen LogP contribution in [0.25, 0.3) is 44.1 Å². The van der Waals surface area contributed by atoms with Gasteiger partial charge in [0.25, 0.3) is 0 Å². The third-order valence-electron chi connectivity index (χ3n) is 9.13. The number of ether oxygens (including phenoxy) is 2. The molecule has 6 aromatic carbocycles. The van der Waals surface area contributed by atoms with Crippen molar-refractivity contribution >= 4 is 56.5 Å². The van der Waals surface area contributed by atoms with Crippen molar-refractivity contribution in [3.63, 3.8) is 0 Å². The number of esters is 2. The van der Waals surface area contributed by atoms with Gasteiger partial charge in [0.1, 0.15) is 11.4 Å². The summed E-state index contributed by atoms with van der Waals surface area (Å²) in [6.45, 7) is 4.11. The van der Waals surface area contributed by atoms with Gasteiger partial charge in [-0.05, 0) is 67.9 Å². The number of hydrogen-bond donors (Lipinski definition) is 2. The van der Waals surface area contributed by atoms with E-state index >= 15 is 0 Å². The third kappa shape index (κ3) is 8.19. The number of carbonyl (C=O) groups excluding carboxylic acids is 2. The number of nitrogens with one attached hydrogen (secondary N) is 2. The Balaban J connectivity index is 0.000000172. The van der Waals surface area contributed by atoms with E-state index in [2.05, 4.69) is 69.1 Å². The highest BCUT2D eigenvalue weighted by atomic mass is 16.5. The van der Waals surface area contributed by atoms with Crippen LogP contribution in [0.5, 0.6) is 0 Å². The molecule has 2 N–H and O–H groups in total. The van der Waals surface area contributed by atoms with Gasteiger partial charge in [-0.3, -0.25) is 0 Å². The fourth-order valence-electron chi connectivity index (χ4n) is 6.22. The Labute approximate surface area is 324 Å². The number of benzene rings is 6. The van der Waals surface area contributed by atoms with E-state index in [-0.39, 0.29) is 11.9 Å². The molecular weight excluding hydrogens is 701 g/mol. The van der Waals surface area contributed by atoms with Gasteiger partial charge in [-0.25, -0.2) is 9.59 Å². The summed E-state index contributed by atoms with van der Waals surface area (Å²) in [6, 6.07) is 46.6. The van der Waals surface area contributed by atoms with E-state index in [1.54, 1.807) is 24.3 Å². The zero-order valence-corrected chi connectivity index (χ0v) is 31.3. The van der Waals surface area contributed by atoms with Crippen LogP contribution >= 0.6 is 0 Å². The number of anilines is 4. The molecule has 276 valence electrons. The summed E-state index contributed by atoms with van der Waals surface area (Å²) in [7, 11) is 2.74. The minimum atomic E-state index is -0.361. The lowest BCUT2D eigenvalue weighted by Crippen LogP contribution is -2.01. The Kier molecular flexibility index (Phi) is 11.0. The molecule has 0 fully saturated rings. The molecule has 0 saturated heterocycles. The molecule has 10 heteroatoms. The lowest BCUT2D eigenvalue weighted by Gasteiger charge is -2.12. The smallest absolute Gasteiger partial charge is 0.337 e. The summed E-state index contributed by atoms with van der Waals surface area (Å²) < 4.78 is 9.51. The van der Waals surface area contributed by atoms with Crippen molar-refractivity contribution in [3.05, 3.63) is 168 Å². The second-order valence-corrected chi connectivity index (χ2v) is 13.0. The van der Waals surface area contributed by atoms with Crippen molar-refractivity contribution in [3.8, 4) is 22.5 Å². The number of rotatable bonds is 8. The molecule has 0 aliphatic rings. The van der Waals surface area contributed by atoms with Gasteiger partial charge >= 0.3 is 11.9 Å². The second-order valence-electron chi connectivity index (χ2n) is 13.0. The van der Waals surface area contributed by atoms with Gasteiger partial charge in [-0.1, -0.05) is 103 Å². The van der Waals surface area contributed by atoms with Crippen LogP contribution in [0.3, 0.4) is 0 Å². The Bertz CT molecular complexity index is 2660. The van der Waals surface area contributed by atoms with Gasteiger partial charge in [0.15, 0.2) is 11.6 Å². The molecule has 2 heterocycles. The van der Waals surface area contributed by atoms with Crippen LogP contribution in [0, 0.1) is 13.8 Å². The summed E-state index contributed by atoms with van der Waals surface area (Å²) in [5.41, 5.74) is 8.61. The van der Waals surface area contributed by atoms with Gasteiger partial charge in [-0.15, -0.1) is 20.4 Å². The van der Waals surface area contributed by atoms with Gasteiger partial charge < -0.3 is 20.1 Å². The number of carbonyl (C=O) groups is 2. The van der Waals surface area contributed by atoms with E-state index < -0.39 is 0 Å². The molecule has 0 amide bonds. The molecule has 8 rings (SSSR count). The molecule has 0 radical (unpaired) electrons. The predicted octanol–water partition coefficient (Wildman–Crippen LogP) is 10.3. The van der Waals surface area contributed by atoms with Crippen LogP contribution in [0.4, 0.5) is 23.0 Å². The number of aromatic nitrogens is 4. The molecule has 0 bridgehead atoms. The summed E-state index contributed by atoms with van der Waals surface area (Å²) >= 11 is 0. The first-order valence-electron chi connectivity index (χ1n) is 17.9. The Morgan fingerprint density at radius 1 is 0.446 bits per heavy atom. The molecule has 2 aromatic heterocycles. The molecule has 10 nitrogen and oxygen atoms in total. The van der Waals surface area contributed by atoms with Gasteiger partial charge in [0.2, 0.25) is 0 Å². The van der Waals surface area contributed by atoms with E-state index in [9.17, 15) is 9.59 Å². The Hall–Kier alpha value is -7.46. The summed E-state index contributed by atoms with van der Waals surface area (Å²) in [5.74, 6) is 0.686. The number of nitrogens with zero attached hydrogens (tertiary/aromatic N) is 4. The fraction of sp³-hybridized carbons (Fsp3) is 0.0870. The van der Waals surface area contributed by atoms with Gasteiger partial charge in [0.05, 0.1) is 25.3 Å². The minimum absolute atomic E-state index is 0.361. The largest absolute Gasteiger partial charge is 0.465 e. The summed E-state index contributed by atoms with van der Waals surface area (Å²) in [5, 5.41) is 28.4. The van der Waals surface area contributed by atoms with E-state index in [4.69, 9.17) is 9.47 Å². The fourth-order valence-corrected chi connectivity index (χ4v) is 6.22. The molecule has 0 aliphatic heterocycles. The lowest BCUT2D eigenvalue weighted by molar-refractivity contribution is 0.0592. The van der Waals surface area contributed by atoms with Crippen LogP contribution in [-0.4, -0.2) is 46.6 Å². The number of methoxy groups -OCH3 is 2. The van der Waals surface area contributed by atoms with Crippen molar-refractivity contribution in [1.29, 1.82) is 0 Å². The zero-order chi connectivity index (χ0) is 39.0. The highest BCUT2D eigenvalue weighted by Crippen LogP contribution is 2.33. The molecular formula is C46H38N6O4. The SMILES string of the molecule is COC(=O)c1ccc(-c2nnc(Nc3ccc(C)cc3)c3ccccc23)cc1.COC(=O)c1ccc(-c2nnc(Nc3cccc(C)c3)c3ccccc23)cc1. The van der Waals surface area contributed by atoms with Crippen molar-refractivity contribution in [1.82, 2.24) is 20.4 Å². The second kappa shape index (κ2) is 16.7. The van der Waals surface area contributed by atoms with E-state index in [1.165, 1.54) is 25.3 Å². The summed E-state index contributed by atoms with van der Waals surface area (Å²) in [6.07, 6.45) is 0. The molecule has 56 heavy (non-hydrogen) atoms. The minimum Gasteiger partial charge on any atom is -0.465 e. The average molecular weight is 739 g/mol. The first kappa shape index (κ1) is 36.9. The average Bonchev–Trinajstić information content (AvgIpc) is 3.24. The van der Waals surface area contributed by atoms with E-state index in [0.717, 1.165) is 55.4 Å². The first-order chi connectivity index (χ1) is 27.3. The molecule has 8 aromatic rings. The predicted molar refractivity (Wildman–Crippen MR) is 222 cm³/mol. The monoisotopic (exact) mass is 738 g/mol. The van der Waals surface area contributed by atoms with Crippen molar-refractivity contribution in [2.24, 2.45) is 0 Å². The molecule has 0 spiro atoms. The van der Waals surface area contributed by atoms with Crippen molar-refractivity contribution in [2.45, 2.75) is 13.8 Å². The maximum absolute atomic E-state index is 11.7. The molecule has 0 saturated carbocycles. The normalized spacial score (nSPS) is 10.6. The number of aryl methyl sites for hydroxylation is 2. The highest BCUT2D eigenvalue weighted by molar-refractivity contribution is 6.02. The van der Waals surface area contributed by atoms with E-state index in [1.807, 2.05) is 97.1 Å². The first-order valence-corrected chi connectivity index (χ1v) is 17.9. The molecule has 0 unspecified atom stereocenters.